The quantitative estimate of drug-likeness (QED) is 0.0816. The van der Waals surface area contributed by atoms with Gasteiger partial charge in [0, 0.05) is 31.2 Å². The van der Waals surface area contributed by atoms with Crippen LogP contribution in [0.3, 0.4) is 0 Å². The van der Waals surface area contributed by atoms with E-state index < -0.39 is 5.41 Å². The number of fused-ring (bicyclic) bond motifs is 2. The fraction of sp³-hybridized carbons (Fsp3) is 0.844. The second-order valence-electron chi connectivity index (χ2n) is 12.4. The number of hydrogen-bond acceptors (Lipinski definition) is 4. The Balaban J connectivity index is 1.25. The lowest BCUT2D eigenvalue weighted by atomic mass is 9.78. The number of allylic oxidation sites excluding steroid dienone is 2. The van der Waals surface area contributed by atoms with Crippen LogP contribution in [0.2, 0.25) is 0 Å². The van der Waals surface area contributed by atoms with Crippen molar-refractivity contribution in [2.24, 2.45) is 23.2 Å². The van der Waals surface area contributed by atoms with Crippen LogP contribution in [-0.2, 0) is 14.3 Å². The zero-order valence-electron chi connectivity index (χ0n) is 23.9. The van der Waals surface area contributed by atoms with Gasteiger partial charge in [0.25, 0.3) is 5.91 Å². The Morgan fingerprint density at radius 3 is 2.49 bits per heavy atom. The Bertz CT molecular complexity index is 758. The molecule has 0 aromatic carbocycles. The van der Waals surface area contributed by atoms with Crippen molar-refractivity contribution in [3.05, 3.63) is 12.2 Å². The molecule has 2 bridgehead atoms. The van der Waals surface area contributed by atoms with E-state index in [2.05, 4.69) is 24.0 Å². The highest BCUT2D eigenvalue weighted by molar-refractivity contribution is 5.80. The Kier molecular flexibility index (Phi) is 13.0. The number of hydroxylamine groups is 2. The summed E-state index contributed by atoms with van der Waals surface area (Å²) in [5.41, 5.74) is -0.558. The smallest absolute Gasteiger partial charge is 0.251 e. The van der Waals surface area contributed by atoms with E-state index in [0.29, 0.717) is 42.1 Å². The van der Waals surface area contributed by atoms with Gasteiger partial charge < -0.3 is 9.47 Å². The zero-order valence-corrected chi connectivity index (χ0v) is 23.9. The zero-order chi connectivity index (χ0) is 26.5. The van der Waals surface area contributed by atoms with Crippen LogP contribution in [0.5, 0.6) is 0 Å². The number of ether oxygens (including phenoxy) is 2. The summed E-state index contributed by atoms with van der Waals surface area (Å²) in [5, 5.41) is 10.1. The largest absolute Gasteiger partial charge is 0.380 e. The van der Waals surface area contributed by atoms with Gasteiger partial charge in [-0.3, -0.25) is 10.0 Å². The topological polar surface area (TPSA) is 59.0 Å². The van der Waals surface area contributed by atoms with Gasteiger partial charge in [0.05, 0.1) is 25.4 Å². The van der Waals surface area contributed by atoms with E-state index in [1.165, 1.54) is 64.8 Å². The summed E-state index contributed by atoms with van der Waals surface area (Å²) in [4.78, 5) is 12.1. The SMILES string of the molecule is CN(O)C(=O)C(C)(C)CC/C=C\C[C@H]1[C@@H](COCCC#CCCCCCC2CCCCC2)[C@H]2CC[C@@H]1O2. The molecule has 210 valence electrons. The van der Waals surface area contributed by atoms with E-state index in [1.54, 1.807) is 0 Å². The molecule has 0 radical (unpaired) electrons. The van der Waals surface area contributed by atoms with Crippen LogP contribution < -0.4 is 0 Å². The van der Waals surface area contributed by atoms with Gasteiger partial charge in [-0.1, -0.05) is 77.4 Å². The summed E-state index contributed by atoms with van der Waals surface area (Å²) >= 11 is 0. The number of carbonyl (C=O) groups is 1. The maximum absolute atomic E-state index is 12.1. The lowest BCUT2D eigenvalue weighted by Gasteiger charge is -2.27. The summed E-state index contributed by atoms with van der Waals surface area (Å²) in [6.07, 6.45) is 24.6. The predicted octanol–water partition coefficient (Wildman–Crippen LogP) is 7.32. The number of hydrogen-bond donors (Lipinski definition) is 1. The van der Waals surface area contributed by atoms with Crippen LogP contribution in [-0.4, -0.2) is 48.6 Å². The Hall–Kier alpha value is -1.35. The molecule has 3 aliphatic rings. The summed E-state index contributed by atoms with van der Waals surface area (Å²) in [6, 6.07) is 0. The third kappa shape index (κ3) is 10.0. The fourth-order valence-electron chi connectivity index (χ4n) is 6.61. The molecule has 2 heterocycles. The molecule has 0 aromatic heterocycles. The first-order valence-electron chi connectivity index (χ1n) is 15.2. The molecular weight excluding hydrogens is 462 g/mol. The van der Waals surface area contributed by atoms with Gasteiger partial charge >= 0.3 is 0 Å². The van der Waals surface area contributed by atoms with Gasteiger partial charge in [0.15, 0.2) is 0 Å². The standard InChI is InChI=1S/C32H53NO4/c1-32(2,31(34)33(3)35)23-15-10-14-20-27-28(30-22-21-29(27)37-30)25-36-24-16-8-6-4-5-7-11-17-26-18-12-9-13-19-26/h10,14,26-30,35H,4-5,7,9,11-13,15-25H2,1-3H3/b14-10-/t27-,28+,29-,30+/m0/s1. The van der Waals surface area contributed by atoms with Gasteiger partial charge in [0.2, 0.25) is 0 Å². The molecule has 1 aliphatic carbocycles. The number of unbranched alkanes of at least 4 members (excludes halogenated alkanes) is 3. The van der Waals surface area contributed by atoms with E-state index in [-0.39, 0.29) is 5.91 Å². The Morgan fingerprint density at radius 1 is 1.00 bits per heavy atom. The number of amides is 1. The summed E-state index contributed by atoms with van der Waals surface area (Å²) in [6.45, 7) is 5.26. The first kappa shape index (κ1) is 30.2. The van der Waals surface area contributed by atoms with Crippen molar-refractivity contribution in [2.45, 2.75) is 129 Å². The monoisotopic (exact) mass is 515 g/mol. The average Bonchev–Trinajstić information content (AvgIpc) is 3.49. The van der Waals surface area contributed by atoms with E-state index in [0.717, 1.165) is 51.0 Å². The second-order valence-corrected chi connectivity index (χ2v) is 12.4. The van der Waals surface area contributed by atoms with Crippen molar-refractivity contribution in [2.75, 3.05) is 20.3 Å². The third-order valence-electron chi connectivity index (χ3n) is 8.92. The first-order valence-corrected chi connectivity index (χ1v) is 15.2. The lowest BCUT2D eigenvalue weighted by Crippen LogP contribution is -2.36. The second kappa shape index (κ2) is 15.9. The molecule has 37 heavy (non-hydrogen) atoms. The number of nitrogens with zero attached hydrogens (tertiary/aromatic N) is 1. The van der Waals surface area contributed by atoms with Gasteiger partial charge in [-0.05, 0) is 50.4 Å². The highest BCUT2D eigenvalue weighted by Crippen LogP contribution is 2.45. The van der Waals surface area contributed by atoms with Crippen LogP contribution >= 0.6 is 0 Å². The van der Waals surface area contributed by atoms with Crippen molar-refractivity contribution in [3.8, 4) is 11.8 Å². The van der Waals surface area contributed by atoms with Crippen LogP contribution in [0.25, 0.3) is 0 Å². The molecule has 0 unspecified atom stereocenters. The highest BCUT2D eigenvalue weighted by Gasteiger charge is 2.48. The van der Waals surface area contributed by atoms with Crippen molar-refractivity contribution in [1.82, 2.24) is 5.06 Å². The maximum atomic E-state index is 12.1. The minimum atomic E-state index is -0.558. The summed E-state index contributed by atoms with van der Waals surface area (Å²) in [7, 11) is 1.39. The third-order valence-corrected chi connectivity index (χ3v) is 8.92. The van der Waals surface area contributed by atoms with E-state index in [9.17, 15) is 10.0 Å². The van der Waals surface area contributed by atoms with Crippen molar-refractivity contribution in [3.63, 3.8) is 0 Å². The molecule has 0 spiro atoms. The van der Waals surface area contributed by atoms with E-state index >= 15 is 0 Å². The Labute approximate surface area is 226 Å². The lowest BCUT2D eigenvalue weighted by molar-refractivity contribution is -0.169. The molecule has 2 saturated heterocycles. The number of rotatable bonds is 15. The molecular formula is C32H53NO4. The van der Waals surface area contributed by atoms with Gasteiger partial charge in [0.1, 0.15) is 0 Å². The molecule has 5 nitrogen and oxygen atoms in total. The molecule has 4 atom stereocenters. The van der Waals surface area contributed by atoms with Crippen molar-refractivity contribution in [1.29, 1.82) is 0 Å². The Morgan fingerprint density at radius 2 is 1.73 bits per heavy atom. The van der Waals surface area contributed by atoms with Crippen molar-refractivity contribution >= 4 is 5.91 Å². The van der Waals surface area contributed by atoms with Gasteiger partial charge in [-0.15, -0.1) is 11.8 Å². The minimum absolute atomic E-state index is 0.242. The van der Waals surface area contributed by atoms with Crippen LogP contribution in [0.15, 0.2) is 12.2 Å². The van der Waals surface area contributed by atoms with E-state index in [1.807, 2.05) is 13.8 Å². The molecule has 5 heteroatoms. The van der Waals surface area contributed by atoms with Crippen LogP contribution in [0, 0.1) is 35.0 Å². The summed E-state index contributed by atoms with van der Waals surface area (Å²) in [5.74, 6) is 8.43. The van der Waals surface area contributed by atoms with E-state index in [4.69, 9.17) is 9.47 Å². The molecule has 1 amide bonds. The molecule has 3 rings (SSSR count). The van der Waals surface area contributed by atoms with Crippen LogP contribution in [0.4, 0.5) is 0 Å². The molecule has 2 aliphatic heterocycles. The van der Waals surface area contributed by atoms with Gasteiger partial charge in [-0.2, -0.15) is 0 Å². The molecule has 3 fully saturated rings. The van der Waals surface area contributed by atoms with Crippen molar-refractivity contribution < 1.29 is 19.5 Å². The average molecular weight is 516 g/mol. The predicted molar refractivity (Wildman–Crippen MR) is 149 cm³/mol. The molecule has 1 N–H and O–H groups in total. The molecule has 1 saturated carbocycles. The fourth-order valence-corrected chi connectivity index (χ4v) is 6.61. The highest BCUT2D eigenvalue weighted by atomic mass is 16.5. The molecule has 0 aromatic rings. The number of carbonyl (C=O) groups excluding carboxylic acids is 1. The minimum Gasteiger partial charge on any atom is -0.380 e. The summed E-state index contributed by atoms with van der Waals surface area (Å²) < 4.78 is 12.3. The maximum Gasteiger partial charge on any atom is 0.251 e. The normalized spacial score (nSPS) is 25.9. The van der Waals surface area contributed by atoms with Gasteiger partial charge in [-0.25, -0.2) is 5.06 Å². The van der Waals surface area contributed by atoms with Crippen LogP contribution in [0.1, 0.15) is 117 Å². The first-order chi connectivity index (χ1) is 17.9.